The Balaban J connectivity index is 2.61. The second-order valence-electron chi connectivity index (χ2n) is 8.41. The Morgan fingerprint density at radius 2 is 1.67 bits per heavy atom. The maximum absolute atomic E-state index is 13.2. The molecule has 1 aromatic heterocycles. The molecule has 2 aromatic rings. The van der Waals surface area contributed by atoms with E-state index in [1.54, 1.807) is 58.2 Å². The third-order valence-electron chi connectivity index (χ3n) is 4.88. The van der Waals surface area contributed by atoms with Crippen LogP contribution in [0, 0.1) is 0 Å². The number of aliphatic hydroxyl groups is 1. The van der Waals surface area contributed by atoms with Gasteiger partial charge in [-0.3, -0.25) is 5.32 Å². The molecule has 2 rings (SSSR count). The normalized spacial score (nSPS) is 12.6. The molecule has 3 N–H and O–H groups in total. The highest BCUT2D eigenvalue weighted by atomic mass is 35.6. The molecule has 0 aliphatic carbocycles. The molecular formula is C24H29Cl3N2O7. The summed E-state index contributed by atoms with van der Waals surface area (Å²) in [5.74, 6) is -2.10. The van der Waals surface area contributed by atoms with Crippen molar-refractivity contribution < 1.29 is 33.7 Å². The number of rotatable bonds is 10. The van der Waals surface area contributed by atoms with Crippen LogP contribution in [0.4, 0.5) is 4.79 Å². The Labute approximate surface area is 224 Å². The summed E-state index contributed by atoms with van der Waals surface area (Å²) in [4.78, 5) is 42.1. The number of ether oxygens (including phenoxy) is 3. The zero-order chi connectivity index (χ0) is 27.1. The maximum Gasteiger partial charge on any atom is 0.408 e. The summed E-state index contributed by atoms with van der Waals surface area (Å²) in [6.45, 7) is 5.59. The van der Waals surface area contributed by atoms with E-state index in [4.69, 9.17) is 49.0 Å². The van der Waals surface area contributed by atoms with Gasteiger partial charge < -0.3 is 24.3 Å². The fourth-order valence-electron chi connectivity index (χ4n) is 3.38. The van der Waals surface area contributed by atoms with Gasteiger partial charge in [-0.15, -0.1) is 0 Å². The molecule has 0 saturated carbocycles. The van der Waals surface area contributed by atoms with Crippen molar-refractivity contribution >= 4 is 69.8 Å². The Kier molecular flexibility index (Phi) is 10.1. The number of carbonyl (C=O) groups is 3. The van der Waals surface area contributed by atoms with E-state index in [1.165, 1.54) is 0 Å². The minimum atomic E-state index is -2.31. The number of H-pyrrole nitrogens is 1. The van der Waals surface area contributed by atoms with Gasteiger partial charge in [0, 0.05) is 23.5 Å². The third kappa shape index (κ3) is 8.03. The molecule has 1 aromatic carbocycles. The predicted molar refractivity (Wildman–Crippen MR) is 138 cm³/mol. The lowest BCUT2D eigenvalue weighted by molar-refractivity contribution is -0.166. The van der Waals surface area contributed by atoms with Crippen LogP contribution in [0.3, 0.4) is 0 Å². The zero-order valence-corrected chi connectivity index (χ0v) is 22.6. The molecule has 198 valence electrons. The van der Waals surface area contributed by atoms with E-state index in [1.807, 2.05) is 6.07 Å². The lowest BCUT2D eigenvalue weighted by Gasteiger charge is -2.30. The van der Waals surface area contributed by atoms with Gasteiger partial charge in [0.05, 0.1) is 18.8 Å². The number of hydrogen-bond acceptors (Lipinski definition) is 7. The van der Waals surface area contributed by atoms with Crippen LogP contribution in [0.1, 0.15) is 38.8 Å². The first-order chi connectivity index (χ1) is 16.7. The quantitative estimate of drug-likeness (QED) is 0.169. The molecule has 0 aliphatic heterocycles. The van der Waals surface area contributed by atoms with Crippen molar-refractivity contribution in [3.63, 3.8) is 0 Å². The first kappa shape index (κ1) is 29.8. The Morgan fingerprint density at radius 3 is 2.19 bits per heavy atom. The van der Waals surface area contributed by atoms with E-state index in [0.29, 0.717) is 22.0 Å². The number of hydrogen-bond donors (Lipinski definition) is 3. The van der Waals surface area contributed by atoms with E-state index in [-0.39, 0.29) is 19.6 Å². The smallest absolute Gasteiger partial charge is 0.408 e. The molecule has 0 unspecified atom stereocenters. The van der Waals surface area contributed by atoms with Gasteiger partial charge in [-0.25, -0.2) is 14.4 Å². The molecule has 1 heterocycles. The summed E-state index contributed by atoms with van der Waals surface area (Å²) in [5.41, 5.74) is -1.50. The number of aromatic amines is 1. The number of fused-ring (bicyclic) bond motifs is 1. The summed E-state index contributed by atoms with van der Waals surface area (Å²) >= 11 is 16.9. The predicted octanol–water partition coefficient (Wildman–Crippen LogP) is 4.46. The van der Waals surface area contributed by atoms with Crippen LogP contribution in [0.5, 0.6) is 0 Å². The van der Waals surface area contributed by atoms with Crippen molar-refractivity contribution in [3.8, 4) is 0 Å². The number of aromatic nitrogens is 1. The van der Waals surface area contributed by atoms with E-state index in [0.717, 1.165) is 0 Å². The molecule has 0 fully saturated rings. The highest BCUT2D eigenvalue weighted by molar-refractivity contribution is 6.67. The molecule has 1 amide bonds. The molecule has 12 heteroatoms. The van der Waals surface area contributed by atoms with Gasteiger partial charge in [0.1, 0.15) is 6.61 Å². The minimum absolute atomic E-state index is 0.0711. The van der Waals surface area contributed by atoms with Gasteiger partial charge in [-0.1, -0.05) is 59.1 Å². The van der Waals surface area contributed by atoms with Gasteiger partial charge >= 0.3 is 18.0 Å². The number of alkyl carbamates (subject to hydrolysis) is 1. The SMILES string of the molecule is CCOC(=O)C(Cc1c[nH]c2cccc(/C=C/C(C)(C)O)c12)(NC(=O)OCC(Cl)(Cl)Cl)C(=O)OCC. The van der Waals surface area contributed by atoms with Gasteiger partial charge in [-0.05, 0) is 44.9 Å². The van der Waals surface area contributed by atoms with Crippen LogP contribution in [-0.4, -0.2) is 62.9 Å². The summed E-state index contributed by atoms with van der Waals surface area (Å²) in [6.07, 6.45) is 3.40. The first-order valence-electron chi connectivity index (χ1n) is 11.1. The standard InChI is InChI=1S/C24H29Cl3N2O7/c1-5-34-19(30)23(20(31)35-6-2,29-21(32)36-14-24(25,26)27)12-16-13-28-17-9-7-8-15(18(16)17)10-11-22(3,4)33/h7-11,13,28,33H,5-6,12,14H2,1-4H3,(H,29,32)/b11-10+. The van der Waals surface area contributed by atoms with Crippen molar-refractivity contribution in [2.45, 2.75) is 49.0 Å². The van der Waals surface area contributed by atoms with Crippen molar-refractivity contribution in [2.75, 3.05) is 19.8 Å². The van der Waals surface area contributed by atoms with Crippen LogP contribution < -0.4 is 5.32 Å². The van der Waals surface area contributed by atoms with Crippen LogP contribution >= 0.6 is 34.8 Å². The van der Waals surface area contributed by atoms with Gasteiger partial charge in [0.25, 0.3) is 0 Å². The number of carbonyl (C=O) groups excluding carboxylic acids is 3. The van der Waals surface area contributed by atoms with E-state index in [9.17, 15) is 19.5 Å². The highest BCUT2D eigenvalue weighted by Crippen LogP contribution is 2.30. The molecule has 0 saturated heterocycles. The zero-order valence-electron chi connectivity index (χ0n) is 20.3. The van der Waals surface area contributed by atoms with Crippen LogP contribution in [-0.2, 0) is 30.2 Å². The number of alkyl halides is 3. The summed E-state index contributed by atoms with van der Waals surface area (Å²) < 4.78 is 13.3. The van der Waals surface area contributed by atoms with Crippen molar-refractivity contribution in [1.29, 1.82) is 0 Å². The Hall–Kier alpha value is -2.46. The molecule has 0 aliphatic rings. The largest absolute Gasteiger partial charge is 0.464 e. The Bertz CT molecular complexity index is 1100. The van der Waals surface area contributed by atoms with Crippen molar-refractivity contribution in [3.05, 3.63) is 41.6 Å². The molecule has 9 nitrogen and oxygen atoms in total. The van der Waals surface area contributed by atoms with Crippen LogP contribution in [0.15, 0.2) is 30.5 Å². The van der Waals surface area contributed by atoms with Crippen LogP contribution in [0.25, 0.3) is 17.0 Å². The second kappa shape index (κ2) is 12.2. The highest BCUT2D eigenvalue weighted by Gasteiger charge is 2.51. The van der Waals surface area contributed by atoms with E-state index >= 15 is 0 Å². The lowest BCUT2D eigenvalue weighted by atomic mass is 9.89. The van der Waals surface area contributed by atoms with Crippen molar-refractivity contribution in [2.24, 2.45) is 0 Å². The van der Waals surface area contributed by atoms with E-state index in [2.05, 4.69) is 10.3 Å². The van der Waals surface area contributed by atoms with Gasteiger partial charge in [0.2, 0.25) is 9.33 Å². The molecule has 0 bridgehead atoms. The Morgan fingerprint density at radius 1 is 1.06 bits per heavy atom. The fraction of sp³-hybridized carbons (Fsp3) is 0.458. The van der Waals surface area contributed by atoms with Crippen molar-refractivity contribution in [1.82, 2.24) is 10.3 Å². The number of amides is 1. The number of halogens is 3. The summed E-state index contributed by atoms with van der Waals surface area (Å²) in [7, 11) is 0. The first-order valence-corrected chi connectivity index (χ1v) is 12.2. The van der Waals surface area contributed by atoms with Gasteiger partial charge in [0.15, 0.2) is 0 Å². The second-order valence-corrected chi connectivity index (χ2v) is 10.9. The minimum Gasteiger partial charge on any atom is -0.464 e. The number of nitrogens with one attached hydrogen (secondary N) is 2. The maximum atomic E-state index is 13.2. The molecule has 0 radical (unpaired) electrons. The number of esters is 2. The van der Waals surface area contributed by atoms with E-state index < -0.39 is 39.6 Å². The van der Waals surface area contributed by atoms with Crippen LogP contribution in [0.2, 0.25) is 0 Å². The fourth-order valence-corrected chi connectivity index (χ4v) is 3.55. The average Bonchev–Trinajstić information content (AvgIpc) is 3.18. The van der Waals surface area contributed by atoms with Gasteiger partial charge in [-0.2, -0.15) is 0 Å². The molecule has 0 spiro atoms. The monoisotopic (exact) mass is 562 g/mol. The molecular weight excluding hydrogens is 535 g/mol. The third-order valence-corrected chi connectivity index (χ3v) is 5.20. The summed E-state index contributed by atoms with van der Waals surface area (Å²) in [6, 6.07) is 5.42. The average molecular weight is 564 g/mol. The molecule has 36 heavy (non-hydrogen) atoms. The summed E-state index contributed by atoms with van der Waals surface area (Å²) in [5, 5.41) is 13.1. The lowest BCUT2D eigenvalue weighted by Crippen LogP contribution is -2.63. The number of benzene rings is 1. The molecule has 0 atom stereocenters. The topological polar surface area (TPSA) is 127 Å².